The van der Waals surface area contributed by atoms with E-state index >= 15 is 0 Å². The molecule has 0 bridgehead atoms. The van der Waals surface area contributed by atoms with Crippen LogP contribution in [-0.2, 0) is 0 Å². The molecule has 0 unspecified atom stereocenters. The van der Waals surface area contributed by atoms with E-state index in [0.717, 1.165) is 5.84 Å². The Bertz CT molecular complexity index is 299. The predicted molar refractivity (Wildman–Crippen MR) is 44.0 cm³/mol. The number of aliphatic imine (C=N–C) groups is 1. The van der Waals surface area contributed by atoms with E-state index in [9.17, 15) is 0 Å². The first-order valence-electron chi connectivity index (χ1n) is 3.60. The van der Waals surface area contributed by atoms with Crippen LogP contribution in [-0.4, -0.2) is 5.84 Å². The summed E-state index contributed by atoms with van der Waals surface area (Å²) in [6.07, 6.45) is 3.75. The van der Waals surface area contributed by atoms with Gasteiger partial charge in [0.2, 0.25) is 5.84 Å². The molecule has 1 aromatic rings. The molecule has 0 atom stereocenters. The molecule has 11 heavy (non-hydrogen) atoms. The summed E-state index contributed by atoms with van der Waals surface area (Å²) in [7, 11) is 0. The van der Waals surface area contributed by atoms with Gasteiger partial charge in [-0.05, 0) is 12.1 Å². The summed E-state index contributed by atoms with van der Waals surface area (Å²) in [5, 5.41) is 2.01. The van der Waals surface area contributed by atoms with Crippen LogP contribution in [0.2, 0.25) is 0 Å². The second kappa shape index (κ2) is 2.68. The Morgan fingerprint density at radius 3 is 2.55 bits per heavy atom. The number of quaternary nitrogens is 1. The highest BCUT2D eigenvalue weighted by Crippen LogP contribution is 1.98. The maximum Gasteiger partial charge on any atom is 0.236 e. The van der Waals surface area contributed by atoms with Crippen LogP contribution in [0.5, 0.6) is 0 Å². The van der Waals surface area contributed by atoms with Gasteiger partial charge in [-0.25, -0.2) is 0 Å². The quantitative estimate of drug-likeness (QED) is 0.595. The van der Waals surface area contributed by atoms with Gasteiger partial charge in [0.1, 0.15) is 6.20 Å². The smallest absolute Gasteiger partial charge is 0.236 e. The van der Waals surface area contributed by atoms with Crippen molar-refractivity contribution in [2.24, 2.45) is 4.99 Å². The molecule has 2 rings (SSSR count). The van der Waals surface area contributed by atoms with Crippen molar-refractivity contribution < 1.29 is 5.32 Å². The number of nitrogens with zero attached hydrogens (tertiary/aromatic N) is 1. The molecule has 2 N–H and O–H groups in total. The van der Waals surface area contributed by atoms with Crippen molar-refractivity contribution in [3.63, 3.8) is 0 Å². The van der Waals surface area contributed by atoms with Crippen LogP contribution >= 0.6 is 0 Å². The van der Waals surface area contributed by atoms with Gasteiger partial charge in [-0.1, -0.05) is 18.2 Å². The van der Waals surface area contributed by atoms with Gasteiger partial charge >= 0.3 is 0 Å². The fourth-order valence-electron chi connectivity index (χ4n) is 1.08. The Morgan fingerprint density at radius 1 is 1.09 bits per heavy atom. The third kappa shape index (κ3) is 1.21. The van der Waals surface area contributed by atoms with Crippen molar-refractivity contribution in [3.8, 4) is 0 Å². The molecule has 1 aliphatic rings. The van der Waals surface area contributed by atoms with Crippen LogP contribution in [0.15, 0.2) is 47.7 Å². The van der Waals surface area contributed by atoms with E-state index in [2.05, 4.69) is 17.1 Å². The van der Waals surface area contributed by atoms with E-state index in [1.54, 1.807) is 0 Å². The zero-order chi connectivity index (χ0) is 7.52. The zero-order valence-corrected chi connectivity index (χ0v) is 6.07. The summed E-state index contributed by atoms with van der Waals surface area (Å²) < 4.78 is 0. The van der Waals surface area contributed by atoms with Crippen molar-refractivity contribution >= 4 is 5.84 Å². The van der Waals surface area contributed by atoms with Crippen LogP contribution in [0.1, 0.15) is 5.56 Å². The highest BCUT2D eigenvalue weighted by molar-refractivity contribution is 5.92. The molecule has 0 aliphatic carbocycles. The number of rotatable bonds is 1. The average Bonchev–Trinajstić information content (AvgIpc) is 2.58. The fourth-order valence-corrected chi connectivity index (χ4v) is 1.08. The zero-order valence-electron chi connectivity index (χ0n) is 6.07. The topological polar surface area (TPSA) is 29.0 Å². The second-order valence-electron chi connectivity index (χ2n) is 2.39. The summed E-state index contributed by atoms with van der Waals surface area (Å²) in [5.41, 5.74) is 1.18. The lowest BCUT2D eigenvalue weighted by molar-refractivity contribution is -0.456. The Hall–Kier alpha value is -1.41. The first-order chi connectivity index (χ1) is 5.47. The number of benzene rings is 1. The molecule has 0 fully saturated rings. The van der Waals surface area contributed by atoms with Gasteiger partial charge in [-0.2, -0.15) is 4.99 Å². The van der Waals surface area contributed by atoms with Crippen LogP contribution < -0.4 is 5.32 Å². The largest absolute Gasteiger partial charge is 0.269 e. The van der Waals surface area contributed by atoms with Gasteiger partial charge < -0.3 is 0 Å². The summed E-state index contributed by atoms with van der Waals surface area (Å²) in [6, 6.07) is 10.2. The normalized spacial score (nSPS) is 15.1. The molecule has 0 radical (unpaired) electrons. The van der Waals surface area contributed by atoms with E-state index in [-0.39, 0.29) is 0 Å². The fraction of sp³-hybridized carbons (Fsp3) is 0. The molecule has 1 aliphatic heterocycles. The first-order valence-corrected chi connectivity index (χ1v) is 3.60. The standard InChI is InChI=1S/C9H8N2/c1-2-4-8(5-3-1)9-10-6-7-11-9/h1-7H,(H,10,11)/p+1. The van der Waals surface area contributed by atoms with Crippen molar-refractivity contribution in [1.82, 2.24) is 0 Å². The minimum atomic E-state index is 1.05. The van der Waals surface area contributed by atoms with Gasteiger partial charge in [-0.15, -0.1) is 0 Å². The van der Waals surface area contributed by atoms with Gasteiger partial charge in [0.15, 0.2) is 0 Å². The molecular formula is C9H9N2+. The molecule has 1 aromatic carbocycles. The van der Waals surface area contributed by atoms with E-state index in [0.29, 0.717) is 0 Å². The molecule has 54 valence electrons. The third-order valence-electron chi connectivity index (χ3n) is 1.62. The molecule has 2 nitrogen and oxygen atoms in total. The van der Waals surface area contributed by atoms with Gasteiger partial charge in [0, 0.05) is 0 Å². The molecule has 0 saturated carbocycles. The number of hydrogen-bond acceptors (Lipinski definition) is 1. The Balaban J connectivity index is 2.31. The van der Waals surface area contributed by atoms with Crippen molar-refractivity contribution in [2.45, 2.75) is 0 Å². The average molecular weight is 145 g/mol. The monoisotopic (exact) mass is 145 g/mol. The molecule has 2 heteroatoms. The van der Waals surface area contributed by atoms with E-state index < -0.39 is 0 Å². The summed E-state index contributed by atoms with van der Waals surface area (Å²) in [4.78, 5) is 4.19. The first kappa shape index (κ1) is 6.31. The third-order valence-corrected chi connectivity index (χ3v) is 1.62. The number of amidine groups is 1. The molecular weight excluding hydrogens is 136 g/mol. The van der Waals surface area contributed by atoms with Crippen LogP contribution in [0, 0.1) is 0 Å². The predicted octanol–water partition coefficient (Wildman–Crippen LogP) is 0.481. The Kier molecular flexibility index (Phi) is 1.54. The minimum Gasteiger partial charge on any atom is -0.269 e. The van der Waals surface area contributed by atoms with Crippen molar-refractivity contribution in [1.29, 1.82) is 0 Å². The highest BCUT2D eigenvalue weighted by atomic mass is 15.0. The van der Waals surface area contributed by atoms with Crippen LogP contribution in [0.4, 0.5) is 0 Å². The number of nitrogens with two attached hydrogens (primary N) is 1. The maximum atomic E-state index is 4.19. The maximum absolute atomic E-state index is 4.19. The lowest BCUT2D eigenvalue weighted by Crippen LogP contribution is -2.81. The lowest BCUT2D eigenvalue weighted by atomic mass is 10.2. The van der Waals surface area contributed by atoms with E-state index in [4.69, 9.17) is 0 Å². The van der Waals surface area contributed by atoms with Gasteiger partial charge in [-0.3, -0.25) is 5.32 Å². The minimum absolute atomic E-state index is 1.05. The van der Waals surface area contributed by atoms with Crippen LogP contribution in [0.3, 0.4) is 0 Å². The summed E-state index contributed by atoms with van der Waals surface area (Å²) >= 11 is 0. The van der Waals surface area contributed by atoms with E-state index in [1.807, 2.05) is 35.9 Å². The Labute approximate surface area is 65.3 Å². The van der Waals surface area contributed by atoms with E-state index in [1.165, 1.54) is 5.56 Å². The van der Waals surface area contributed by atoms with Gasteiger partial charge in [0.05, 0.1) is 11.8 Å². The lowest BCUT2D eigenvalue weighted by Gasteiger charge is -1.93. The molecule has 0 spiro atoms. The SMILES string of the molecule is C1=C[NH2+]C(c2ccccc2)=N1. The van der Waals surface area contributed by atoms with Gasteiger partial charge in [0.25, 0.3) is 0 Å². The van der Waals surface area contributed by atoms with Crippen molar-refractivity contribution in [3.05, 3.63) is 48.3 Å². The summed E-state index contributed by atoms with van der Waals surface area (Å²) in [5.74, 6) is 1.05. The molecule has 0 aromatic heterocycles. The summed E-state index contributed by atoms with van der Waals surface area (Å²) in [6.45, 7) is 0. The number of hydrogen-bond donors (Lipinski definition) is 1. The van der Waals surface area contributed by atoms with Crippen LogP contribution in [0.25, 0.3) is 0 Å². The second-order valence-corrected chi connectivity index (χ2v) is 2.39. The Morgan fingerprint density at radius 2 is 1.91 bits per heavy atom. The molecule has 0 amide bonds. The molecule has 0 saturated heterocycles. The highest BCUT2D eigenvalue weighted by Gasteiger charge is 2.07. The van der Waals surface area contributed by atoms with Crippen molar-refractivity contribution in [2.75, 3.05) is 0 Å². The molecule has 1 heterocycles.